The van der Waals surface area contributed by atoms with E-state index >= 15 is 0 Å². The summed E-state index contributed by atoms with van der Waals surface area (Å²) in [6.45, 7) is 4.75. The Hall–Kier alpha value is -3.07. The van der Waals surface area contributed by atoms with Gasteiger partial charge in [-0.15, -0.1) is 0 Å². The lowest BCUT2D eigenvalue weighted by atomic mass is 10.2. The molecule has 9 nitrogen and oxygen atoms in total. The number of fused-ring (bicyclic) bond motifs is 1. The molecule has 9 heteroatoms. The minimum atomic E-state index is -0.879. The van der Waals surface area contributed by atoms with E-state index in [0.29, 0.717) is 18.2 Å². The Morgan fingerprint density at radius 2 is 1.93 bits per heavy atom. The molecular weight excluding hydrogens is 374 g/mol. The molecule has 29 heavy (non-hydrogen) atoms. The summed E-state index contributed by atoms with van der Waals surface area (Å²) in [5.74, 6) is 1.14. The van der Waals surface area contributed by atoms with Crippen molar-refractivity contribution < 1.29 is 9.84 Å². The van der Waals surface area contributed by atoms with Gasteiger partial charge in [0.1, 0.15) is 18.5 Å². The number of para-hydroxylation sites is 1. The maximum Gasteiger partial charge on any atom is 0.332 e. The third-order valence-corrected chi connectivity index (χ3v) is 4.80. The predicted octanol–water partition coefficient (Wildman–Crippen LogP) is 1.00. The van der Waals surface area contributed by atoms with Gasteiger partial charge in [-0.3, -0.25) is 13.9 Å². The second-order valence-corrected chi connectivity index (χ2v) is 7.08. The summed E-state index contributed by atoms with van der Waals surface area (Å²) in [6.07, 6.45) is -0.0184. The summed E-state index contributed by atoms with van der Waals surface area (Å²) in [5.41, 5.74) is 0.624. The average molecular weight is 401 g/mol. The number of imidazole rings is 1. The highest BCUT2D eigenvalue weighted by molar-refractivity contribution is 5.74. The number of aliphatic hydroxyl groups is 1. The zero-order chi connectivity index (χ0) is 21.1. The van der Waals surface area contributed by atoms with Crippen molar-refractivity contribution in [2.75, 3.05) is 18.5 Å². The number of ether oxygens (including phenoxy) is 1. The minimum Gasteiger partial charge on any atom is -0.491 e. The van der Waals surface area contributed by atoms with Crippen LogP contribution in [-0.2, 0) is 20.6 Å². The van der Waals surface area contributed by atoms with Gasteiger partial charge >= 0.3 is 5.69 Å². The third-order valence-electron chi connectivity index (χ3n) is 4.80. The van der Waals surface area contributed by atoms with Gasteiger partial charge in [0.15, 0.2) is 11.2 Å². The first-order valence-electron chi connectivity index (χ1n) is 9.61. The summed E-state index contributed by atoms with van der Waals surface area (Å²) in [4.78, 5) is 29.4. The molecule has 3 aromatic rings. The van der Waals surface area contributed by atoms with Crippen LogP contribution in [0.25, 0.3) is 11.2 Å². The zero-order valence-electron chi connectivity index (χ0n) is 17.2. The Kier molecular flexibility index (Phi) is 6.07. The molecular formula is C20H27N5O4. The van der Waals surface area contributed by atoms with Crippen LogP contribution in [0.3, 0.4) is 0 Å². The number of aromatic nitrogens is 4. The van der Waals surface area contributed by atoms with Crippen molar-refractivity contribution >= 4 is 17.1 Å². The van der Waals surface area contributed by atoms with E-state index in [9.17, 15) is 14.7 Å². The van der Waals surface area contributed by atoms with Gasteiger partial charge in [-0.05, 0) is 25.0 Å². The lowest BCUT2D eigenvalue weighted by Gasteiger charge is -2.16. The standard InChI is InChI=1S/C20H27N5O4/c1-5-10-21-19-22-17-16(18(27)24(4)20(28)23(17)3)25(19)11-14(26)12-29-15-9-7-6-8-13(15)2/h6-9,14,26H,5,10-12H2,1-4H3,(H,21,22)/t14-/m1/s1. The fourth-order valence-electron chi connectivity index (χ4n) is 3.16. The van der Waals surface area contributed by atoms with Crippen LogP contribution in [0.4, 0.5) is 5.95 Å². The van der Waals surface area contributed by atoms with E-state index in [1.165, 1.54) is 11.6 Å². The van der Waals surface area contributed by atoms with Crippen LogP contribution >= 0.6 is 0 Å². The first-order valence-corrected chi connectivity index (χ1v) is 9.61. The fraction of sp³-hybridized carbons (Fsp3) is 0.450. The fourth-order valence-corrected chi connectivity index (χ4v) is 3.16. The highest BCUT2D eigenvalue weighted by Crippen LogP contribution is 2.19. The molecule has 2 aromatic heterocycles. The van der Waals surface area contributed by atoms with E-state index in [-0.39, 0.29) is 24.3 Å². The number of hydrogen-bond donors (Lipinski definition) is 2. The molecule has 1 aromatic carbocycles. The molecule has 0 fully saturated rings. The van der Waals surface area contributed by atoms with Crippen molar-refractivity contribution in [1.29, 1.82) is 0 Å². The average Bonchev–Trinajstić information content (AvgIpc) is 3.06. The molecule has 0 saturated heterocycles. The van der Waals surface area contributed by atoms with E-state index in [4.69, 9.17) is 4.74 Å². The van der Waals surface area contributed by atoms with Crippen LogP contribution in [0.15, 0.2) is 33.9 Å². The summed E-state index contributed by atoms with van der Waals surface area (Å²) in [7, 11) is 3.00. The van der Waals surface area contributed by atoms with Crippen LogP contribution in [-0.4, -0.2) is 43.0 Å². The first-order chi connectivity index (χ1) is 13.8. The third kappa shape index (κ3) is 4.04. The van der Waals surface area contributed by atoms with Crippen molar-refractivity contribution in [3.63, 3.8) is 0 Å². The van der Waals surface area contributed by atoms with Crippen molar-refractivity contribution in [3.8, 4) is 5.75 Å². The Balaban J connectivity index is 1.95. The van der Waals surface area contributed by atoms with E-state index < -0.39 is 17.4 Å². The molecule has 0 bridgehead atoms. The zero-order valence-corrected chi connectivity index (χ0v) is 17.2. The van der Waals surface area contributed by atoms with Crippen molar-refractivity contribution in [1.82, 2.24) is 18.7 Å². The summed E-state index contributed by atoms with van der Waals surface area (Å²) in [6, 6.07) is 7.56. The van der Waals surface area contributed by atoms with Gasteiger partial charge in [0.25, 0.3) is 5.56 Å². The molecule has 0 aliphatic heterocycles. The smallest absolute Gasteiger partial charge is 0.332 e. The minimum absolute atomic E-state index is 0.0593. The molecule has 0 spiro atoms. The molecule has 156 valence electrons. The van der Waals surface area contributed by atoms with E-state index in [2.05, 4.69) is 10.3 Å². The predicted molar refractivity (Wildman–Crippen MR) is 112 cm³/mol. The monoisotopic (exact) mass is 401 g/mol. The van der Waals surface area contributed by atoms with Gasteiger partial charge in [0.05, 0.1) is 6.54 Å². The summed E-state index contributed by atoms with van der Waals surface area (Å²) in [5, 5.41) is 13.8. The molecule has 3 rings (SSSR count). The van der Waals surface area contributed by atoms with Gasteiger partial charge in [-0.1, -0.05) is 25.1 Å². The number of aliphatic hydroxyl groups excluding tert-OH is 1. The molecule has 0 aliphatic carbocycles. The van der Waals surface area contributed by atoms with Gasteiger partial charge in [-0.25, -0.2) is 4.79 Å². The van der Waals surface area contributed by atoms with Crippen LogP contribution in [0, 0.1) is 6.92 Å². The number of benzene rings is 1. The molecule has 2 N–H and O–H groups in total. The Morgan fingerprint density at radius 3 is 2.62 bits per heavy atom. The molecule has 1 atom stereocenters. The van der Waals surface area contributed by atoms with E-state index in [0.717, 1.165) is 16.6 Å². The molecule has 0 aliphatic rings. The molecule has 0 unspecified atom stereocenters. The normalized spacial score (nSPS) is 12.3. The van der Waals surface area contributed by atoms with Gasteiger partial charge in [0.2, 0.25) is 5.95 Å². The molecule has 0 radical (unpaired) electrons. The highest BCUT2D eigenvalue weighted by Gasteiger charge is 2.21. The molecule has 0 amide bonds. The van der Waals surface area contributed by atoms with Crippen LogP contribution < -0.4 is 21.3 Å². The Bertz CT molecular complexity index is 1130. The van der Waals surface area contributed by atoms with Crippen LogP contribution in [0.2, 0.25) is 0 Å². The lowest BCUT2D eigenvalue weighted by Crippen LogP contribution is -2.38. The van der Waals surface area contributed by atoms with Crippen molar-refractivity contribution in [2.24, 2.45) is 14.1 Å². The Morgan fingerprint density at radius 1 is 1.21 bits per heavy atom. The lowest BCUT2D eigenvalue weighted by molar-refractivity contribution is 0.0935. The second kappa shape index (κ2) is 8.52. The first kappa shape index (κ1) is 20.7. The molecule has 2 heterocycles. The largest absolute Gasteiger partial charge is 0.491 e. The maximum absolute atomic E-state index is 12.8. The number of anilines is 1. The number of nitrogens with one attached hydrogen (secondary N) is 1. The number of rotatable bonds is 8. The molecule has 0 saturated carbocycles. The van der Waals surface area contributed by atoms with Gasteiger partial charge in [0, 0.05) is 20.6 Å². The second-order valence-electron chi connectivity index (χ2n) is 7.08. The van der Waals surface area contributed by atoms with Crippen molar-refractivity contribution in [2.45, 2.75) is 32.9 Å². The number of nitrogens with zero attached hydrogens (tertiary/aromatic N) is 4. The summed E-state index contributed by atoms with van der Waals surface area (Å²) < 4.78 is 9.73. The van der Waals surface area contributed by atoms with Gasteiger partial charge in [-0.2, -0.15) is 4.98 Å². The summed E-state index contributed by atoms with van der Waals surface area (Å²) >= 11 is 0. The highest BCUT2D eigenvalue weighted by atomic mass is 16.5. The Labute approximate surface area is 168 Å². The SMILES string of the molecule is CCCNc1nc2c(c(=O)n(C)c(=O)n2C)n1C[C@@H](O)COc1ccccc1C. The van der Waals surface area contributed by atoms with Gasteiger partial charge < -0.3 is 19.7 Å². The van der Waals surface area contributed by atoms with Crippen molar-refractivity contribution in [3.05, 3.63) is 50.7 Å². The van der Waals surface area contributed by atoms with Crippen LogP contribution in [0.1, 0.15) is 18.9 Å². The topological polar surface area (TPSA) is 103 Å². The maximum atomic E-state index is 12.8. The quantitative estimate of drug-likeness (QED) is 0.584. The van der Waals surface area contributed by atoms with Crippen LogP contribution in [0.5, 0.6) is 5.75 Å². The van der Waals surface area contributed by atoms with E-state index in [1.807, 2.05) is 38.1 Å². The number of hydrogen-bond acceptors (Lipinski definition) is 6. The van der Waals surface area contributed by atoms with E-state index in [1.54, 1.807) is 11.6 Å². The number of aryl methyl sites for hydroxylation is 2.